The maximum atomic E-state index is 12.7. The second-order valence-corrected chi connectivity index (χ2v) is 5.36. The molecule has 1 unspecified atom stereocenters. The molecule has 0 aromatic heterocycles. The lowest BCUT2D eigenvalue weighted by atomic mass is 9.78. The van der Waals surface area contributed by atoms with Crippen molar-refractivity contribution in [3.63, 3.8) is 0 Å². The summed E-state index contributed by atoms with van der Waals surface area (Å²) >= 11 is 0. The summed E-state index contributed by atoms with van der Waals surface area (Å²) in [6.07, 6.45) is -1.19. The number of benzene rings is 1. The van der Waals surface area contributed by atoms with Crippen LogP contribution in [0.4, 0.5) is 13.2 Å². The van der Waals surface area contributed by atoms with E-state index in [0.29, 0.717) is 12.8 Å². The van der Waals surface area contributed by atoms with Crippen LogP contribution in [0.3, 0.4) is 0 Å². The smallest absolute Gasteiger partial charge is 0.385 e. The van der Waals surface area contributed by atoms with Gasteiger partial charge in [0.05, 0.1) is 11.2 Å². The van der Waals surface area contributed by atoms with E-state index in [9.17, 15) is 18.3 Å². The van der Waals surface area contributed by atoms with Crippen LogP contribution < -0.4 is 0 Å². The summed E-state index contributed by atoms with van der Waals surface area (Å²) in [5.41, 5.74) is -1.23. The maximum Gasteiger partial charge on any atom is 0.416 e. The van der Waals surface area contributed by atoms with Crippen molar-refractivity contribution in [3.05, 3.63) is 35.4 Å². The van der Waals surface area contributed by atoms with Crippen molar-refractivity contribution in [1.82, 2.24) is 0 Å². The average Bonchev–Trinajstić information content (AvgIpc) is 2.46. The Morgan fingerprint density at radius 1 is 1.20 bits per heavy atom. The summed E-state index contributed by atoms with van der Waals surface area (Å²) in [5.74, 6) is 0. The fourth-order valence-electron chi connectivity index (χ4n) is 2.93. The molecule has 1 aromatic rings. The zero-order chi connectivity index (χ0) is 14.8. The van der Waals surface area contributed by atoms with Crippen LogP contribution in [0, 0.1) is 0 Å². The van der Waals surface area contributed by atoms with Crippen LogP contribution >= 0.6 is 0 Å². The van der Waals surface area contributed by atoms with Crippen molar-refractivity contribution in [2.75, 3.05) is 7.11 Å². The predicted octanol–water partition coefficient (Wildman–Crippen LogP) is 4.09. The zero-order valence-corrected chi connectivity index (χ0v) is 11.4. The van der Waals surface area contributed by atoms with E-state index in [1.165, 1.54) is 19.2 Å². The van der Waals surface area contributed by atoms with E-state index in [1.807, 2.05) is 0 Å². The average molecular weight is 288 g/mol. The molecule has 0 radical (unpaired) electrons. The third-order valence-electron chi connectivity index (χ3n) is 4.13. The van der Waals surface area contributed by atoms with E-state index in [-0.39, 0.29) is 5.56 Å². The molecule has 0 aliphatic heterocycles. The lowest BCUT2D eigenvalue weighted by Gasteiger charge is -2.40. The molecule has 1 N–H and O–H groups in total. The molecule has 1 fully saturated rings. The Balaban J connectivity index is 2.30. The van der Waals surface area contributed by atoms with E-state index in [4.69, 9.17) is 4.74 Å². The number of alkyl halides is 3. The highest BCUT2D eigenvalue weighted by atomic mass is 19.4. The summed E-state index contributed by atoms with van der Waals surface area (Å²) in [4.78, 5) is 0. The lowest BCUT2D eigenvalue weighted by Crippen LogP contribution is -2.40. The highest BCUT2D eigenvalue weighted by Crippen LogP contribution is 2.42. The van der Waals surface area contributed by atoms with Gasteiger partial charge in [-0.25, -0.2) is 0 Å². The van der Waals surface area contributed by atoms with E-state index < -0.39 is 23.4 Å². The van der Waals surface area contributed by atoms with Gasteiger partial charge in [-0.15, -0.1) is 0 Å². The van der Waals surface area contributed by atoms with Gasteiger partial charge in [-0.1, -0.05) is 31.4 Å². The first-order chi connectivity index (χ1) is 9.39. The SMILES string of the molecule is COC1(C(O)c2cccc(C(F)(F)F)c2)CCCCC1. The third kappa shape index (κ3) is 2.99. The van der Waals surface area contributed by atoms with Crippen LogP contribution in [-0.2, 0) is 10.9 Å². The number of ether oxygens (including phenoxy) is 1. The number of rotatable bonds is 3. The highest BCUT2D eigenvalue weighted by molar-refractivity contribution is 5.29. The molecule has 112 valence electrons. The summed E-state index contributed by atoms with van der Waals surface area (Å²) < 4.78 is 43.7. The van der Waals surface area contributed by atoms with Crippen LogP contribution in [0.1, 0.15) is 49.3 Å². The van der Waals surface area contributed by atoms with Crippen LogP contribution in [0.5, 0.6) is 0 Å². The highest BCUT2D eigenvalue weighted by Gasteiger charge is 2.41. The predicted molar refractivity (Wildman–Crippen MR) is 69.2 cm³/mol. The van der Waals surface area contributed by atoms with Gasteiger partial charge in [0.1, 0.15) is 6.10 Å². The molecule has 1 aliphatic carbocycles. The van der Waals surface area contributed by atoms with Gasteiger partial charge >= 0.3 is 6.18 Å². The number of aliphatic hydroxyl groups excluding tert-OH is 1. The van der Waals surface area contributed by atoms with Crippen molar-refractivity contribution >= 4 is 0 Å². The van der Waals surface area contributed by atoms with E-state index in [2.05, 4.69) is 0 Å². The van der Waals surface area contributed by atoms with Crippen LogP contribution in [0.15, 0.2) is 24.3 Å². The van der Waals surface area contributed by atoms with Gasteiger partial charge in [0.15, 0.2) is 0 Å². The topological polar surface area (TPSA) is 29.5 Å². The Kier molecular flexibility index (Phi) is 4.39. The molecule has 0 spiro atoms. The molecule has 1 aromatic carbocycles. The summed E-state index contributed by atoms with van der Waals surface area (Å²) in [5, 5.41) is 10.5. The second kappa shape index (κ2) is 5.74. The van der Waals surface area contributed by atoms with Crippen molar-refractivity contribution in [1.29, 1.82) is 0 Å². The maximum absolute atomic E-state index is 12.7. The molecule has 0 amide bonds. The summed E-state index contributed by atoms with van der Waals surface area (Å²) in [6.45, 7) is 0. The van der Waals surface area contributed by atoms with Gasteiger partial charge in [0, 0.05) is 7.11 Å². The Hall–Kier alpha value is -1.07. The summed E-state index contributed by atoms with van der Waals surface area (Å²) in [6, 6.07) is 4.87. The molecule has 2 rings (SSSR count). The largest absolute Gasteiger partial charge is 0.416 e. The number of methoxy groups -OCH3 is 1. The third-order valence-corrected chi connectivity index (χ3v) is 4.13. The lowest BCUT2D eigenvalue weighted by molar-refractivity contribution is -0.138. The number of hydrogen-bond acceptors (Lipinski definition) is 2. The number of hydrogen-bond donors (Lipinski definition) is 1. The van der Waals surface area contributed by atoms with E-state index >= 15 is 0 Å². The van der Waals surface area contributed by atoms with Gasteiger partial charge in [0.2, 0.25) is 0 Å². The Morgan fingerprint density at radius 3 is 2.40 bits per heavy atom. The first-order valence-corrected chi connectivity index (χ1v) is 6.79. The molecule has 0 saturated heterocycles. The number of aliphatic hydroxyl groups is 1. The van der Waals surface area contributed by atoms with E-state index in [0.717, 1.165) is 31.4 Å². The molecular formula is C15H19F3O2. The zero-order valence-electron chi connectivity index (χ0n) is 11.4. The fraction of sp³-hybridized carbons (Fsp3) is 0.600. The molecule has 0 bridgehead atoms. The monoisotopic (exact) mass is 288 g/mol. The van der Waals surface area contributed by atoms with Crippen molar-refractivity contribution in [2.45, 2.75) is 50.0 Å². The molecule has 1 saturated carbocycles. The Labute approximate surface area is 116 Å². The first-order valence-electron chi connectivity index (χ1n) is 6.79. The fourth-order valence-corrected chi connectivity index (χ4v) is 2.93. The summed E-state index contributed by atoms with van der Waals surface area (Å²) in [7, 11) is 1.52. The van der Waals surface area contributed by atoms with Crippen LogP contribution in [-0.4, -0.2) is 17.8 Å². The quantitative estimate of drug-likeness (QED) is 0.907. The Bertz CT molecular complexity index is 451. The minimum atomic E-state index is -4.40. The molecule has 2 nitrogen and oxygen atoms in total. The van der Waals surface area contributed by atoms with Crippen LogP contribution in [0.25, 0.3) is 0 Å². The standard InChI is InChI=1S/C15H19F3O2/c1-20-14(8-3-2-4-9-14)13(19)11-6-5-7-12(10-11)15(16,17)18/h5-7,10,13,19H,2-4,8-9H2,1H3. The van der Waals surface area contributed by atoms with Crippen molar-refractivity contribution in [2.24, 2.45) is 0 Å². The minimum absolute atomic E-state index is 0.267. The molecule has 1 atom stereocenters. The minimum Gasteiger partial charge on any atom is -0.385 e. The van der Waals surface area contributed by atoms with Crippen molar-refractivity contribution < 1.29 is 23.0 Å². The molecule has 20 heavy (non-hydrogen) atoms. The molecule has 0 heterocycles. The van der Waals surface area contributed by atoms with Gasteiger partial charge in [-0.05, 0) is 30.5 Å². The second-order valence-electron chi connectivity index (χ2n) is 5.36. The van der Waals surface area contributed by atoms with Gasteiger partial charge in [0.25, 0.3) is 0 Å². The van der Waals surface area contributed by atoms with Crippen molar-refractivity contribution in [3.8, 4) is 0 Å². The molecular weight excluding hydrogens is 269 g/mol. The van der Waals surface area contributed by atoms with Gasteiger partial charge in [-0.2, -0.15) is 13.2 Å². The molecule has 1 aliphatic rings. The van der Waals surface area contributed by atoms with Gasteiger partial charge < -0.3 is 9.84 Å². The first kappa shape index (κ1) is 15.3. The number of halogens is 3. The van der Waals surface area contributed by atoms with E-state index in [1.54, 1.807) is 0 Å². The normalized spacial score (nSPS) is 20.6. The van der Waals surface area contributed by atoms with Crippen LogP contribution in [0.2, 0.25) is 0 Å². The molecule has 5 heteroatoms. The Morgan fingerprint density at radius 2 is 1.85 bits per heavy atom. The van der Waals surface area contributed by atoms with Gasteiger partial charge in [-0.3, -0.25) is 0 Å².